The molecule has 5 nitrogen and oxygen atoms in total. The number of amides is 1. The molecular weight excluding hydrogens is 296 g/mol. The molecule has 2 unspecified atom stereocenters. The van der Waals surface area contributed by atoms with Crippen molar-refractivity contribution in [2.24, 2.45) is 11.7 Å². The van der Waals surface area contributed by atoms with Gasteiger partial charge in [0.05, 0.1) is 5.39 Å². The van der Waals surface area contributed by atoms with Gasteiger partial charge in [-0.15, -0.1) is 11.3 Å². The van der Waals surface area contributed by atoms with E-state index < -0.39 is 0 Å². The molecule has 0 bridgehead atoms. The minimum Gasteiger partial charge on any atom is -0.368 e. The van der Waals surface area contributed by atoms with Gasteiger partial charge in [-0.3, -0.25) is 4.79 Å². The van der Waals surface area contributed by atoms with E-state index in [2.05, 4.69) is 21.8 Å². The van der Waals surface area contributed by atoms with Crippen molar-refractivity contribution < 1.29 is 4.79 Å². The number of hydrogen-bond donors (Lipinski definition) is 1. The summed E-state index contributed by atoms with van der Waals surface area (Å²) >= 11 is 1.79. The second kappa shape index (κ2) is 5.19. The standard InChI is InChI=1S/C16H20N4OS/c1-9-4-5-10-12(7-9)22-16-13(10)15(18-8-19-16)20-6-2-3-11(20)14(17)21/h8-9,11H,2-7H2,1H3,(H2,17,21). The van der Waals surface area contributed by atoms with E-state index in [-0.39, 0.29) is 11.9 Å². The van der Waals surface area contributed by atoms with Crippen molar-refractivity contribution >= 4 is 33.3 Å². The van der Waals surface area contributed by atoms with Gasteiger partial charge in [-0.1, -0.05) is 6.92 Å². The van der Waals surface area contributed by atoms with E-state index in [0.29, 0.717) is 0 Å². The lowest BCUT2D eigenvalue weighted by atomic mass is 9.89. The Morgan fingerprint density at radius 3 is 3.09 bits per heavy atom. The number of nitrogens with zero attached hydrogens (tertiary/aromatic N) is 3. The SMILES string of the molecule is CC1CCc2c(sc3ncnc(N4CCCC4C(N)=O)c23)C1. The molecule has 2 aromatic heterocycles. The van der Waals surface area contributed by atoms with Crippen molar-refractivity contribution in [2.45, 2.75) is 45.1 Å². The molecule has 1 fully saturated rings. The lowest BCUT2D eigenvalue weighted by Crippen LogP contribution is -2.40. The molecule has 6 heteroatoms. The summed E-state index contributed by atoms with van der Waals surface area (Å²) in [5.74, 6) is 1.41. The van der Waals surface area contributed by atoms with Crippen LogP contribution >= 0.6 is 11.3 Å². The lowest BCUT2D eigenvalue weighted by Gasteiger charge is -2.25. The third kappa shape index (κ3) is 2.08. The Kier molecular flexibility index (Phi) is 3.29. The van der Waals surface area contributed by atoms with Crippen LogP contribution in [0.2, 0.25) is 0 Å². The van der Waals surface area contributed by atoms with Gasteiger partial charge >= 0.3 is 0 Å². The maximum absolute atomic E-state index is 11.7. The number of primary amides is 1. The average Bonchev–Trinajstić information content (AvgIpc) is 3.10. The zero-order chi connectivity index (χ0) is 15.3. The summed E-state index contributed by atoms with van der Waals surface area (Å²) < 4.78 is 0. The molecule has 116 valence electrons. The van der Waals surface area contributed by atoms with Crippen LogP contribution in [-0.4, -0.2) is 28.5 Å². The van der Waals surface area contributed by atoms with Crippen molar-refractivity contribution in [1.82, 2.24) is 9.97 Å². The van der Waals surface area contributed by atoms with E-state index in [0.717, 1.165) is 48.8 Å². The van der Waals surface area contributed by atoms with Crippen LogP contribution in [0.5, 0.6) is 0 Å². The van der Waals surface area contributed by atoms with Gasteiger partial charge in [0.2, 0.25) is 5.91 Å². The average molecular weight is 316 g/mol. The predicted octanol–water partition coefficient (Wildman–Crippen LogP) is 2.27. The molecule has 22 heavy (non-hydrogen) atoms. The summed E-state index contributed by atoms with van der Waals surface area (Å²) in [4.78, 5) is 25.3. The highest BCUT2D eigenvalue weighted by Gasteiger charge is 2.33. The van der Waals surface area contributed by atoms with E-state index in [1.165, 1.54) is 22.2 Å². The zero-order valence-corrected chi connectivity index (χ0v) is 13.5. The number of anilines is 1. The number of aryl methyl sites for hydroxylation is 1. The molecule has 1 aliphatic heterocycles. The molecule has 0 aromatic carbocycles. The quantitative estimate of drug-likeness (QED) is 0.922. The number of carbonyl (C=O) groups is 1. The minimum absolute atomic E-state index is 0.226. The molecular formula is C16H20N4OS. The van der Waals surface area contributed by atoms with Gasteiger partial charge < -0.3 is 10.6 Å². The van der Waals surface area contributed by atoms with Crippen LogP contribution in [-0.2, 0) is 17.6 Å². The first-order chi connectivity index (χ1) is 10.6. The molecule has 2 aliphatic rings. The number of hydrogen-bond acceptors (Lipinski definition) is 5. The molecule has 1 amide bonds. The summed E-state index contributed by atoms with van der Waals surface area (Å²) in [6, 6.07) is -0.226. The third-order valence-electron chi connectivity index (χ3n) is 4.92. The van der Waals surface area contributed by atoms with Crippen molar-refractivity contribution in [2.75, 3.05) is 11.4 Å². The summed E-state index contributed by atoms with van der Waals surface area (Å²) in [6.07, 6.45) is 6.87. The summed E-state index contributed by atoms with van der Waals surface area (Å²) in [7, 11) is 0. The number of rotatable bonds is 2. The molecule has 0 saturated carbocycles. The van der Waals surface area contributed by atoms with Crippen LogP contribution < -0.4 is 10.6 Å². The van der Waals surface area contributed by atoms with E-state index in [1.54, 1.807) is 17.7 Å². The number of nitrogens with two attached hydrogens (primary N) is 1. The van der Waals surface area contributed by atoms with Gasteiger partial charge in [0.1, 0.15) is 23.0 Å². The van der Waals surface area contributed by atoms with Crippen molar-refractivity contribution in [3.8, 4) is 0 Å². The first kappa shape index (κ1) is 13.9. The summed E-state index contributed by atoms with van der Waals surface area (Å²) in [5.41, 5.74) is 6.99. The van der Waals surface area contributed by atoms with Gasteiger partial charge in [0, 0.05) is 11.4 Å². The Morgan fingerprint density at radius 1 is 1.41 bits per heavy atom. The van der Waals surface area contributed by atoms with E-state index in [1.807, 2.05) is 0 Å². The Bertz CT molecular complexity index is 741. The normalized spacial score (nSPS) is 24.7. The fraction of sp³-hybridized carbons (Fsp3) is 0.562. The highest BCUT2D eigenvalue weighted by atomic mass is 32.1. The smallest absolute Gasteiger partial charge is 0.240 e. The fourth-order valence-electron chi connectivity index (χ4n) is 3.79. The molecule has 4 rings (SSSR count). The number of fused-ring (bicyclic) bond motifs is 3. The molecule has 2 N–H and O–H groups in total. The molecule has 2 aromatic rings. The fourth-order valence-corrected chi connectivity index (χ4v) is 5.14. The highest BCUT2D eigenvalue weighted by molar-refractivity contribution is 7.19. The minimum atomic E-state index is -0.248. The summed E-state index contributed by atoms with van der Waals surface area (Å²) in [5, 5.41) is 1.17. The van der Waals surface area contributed by atoms with Crippen molar-refractivity contribution in [1.29, 1.82) is 0 Å². The molecule has 2 atom stereocenters. The van der Waals surface area contributed by atoms with Gasteiger partial charge in [-0.2, -0.15) is 0 Å². The van der Waals surface area contributed by atoms with Crippen LogP contribution in [0.3, 0.4) is 0 Å². The van der Waals surface area contributed by atoms with Gasteiger partial charge in [0.25, 0.3) is 0 Å². The first-order valence-corrected chi connectivity index (χ1v) is 8.78. The number of carbonyl (C=O) groups excluding carboxylic acids is 1. The van der Waals surface area contributed by atoms with Crippen LogP contribution in [0, 0.1) is 5.92 Å². The predicted molar refractivity (Wildman–Crippen MR) is 88.2 cm³/mol. The van der Waals surface area contributed by atoms with Crippen molar-refractivity contribution in [3.05, 3.63) is 16.8 Å². The van der Waals surface area contributed by atoms with E-state index >= 15 is 0 Å². The van der Waals surface area contributed by atoms with E-state index in [9.17, 15) is 4.79 Å². The number of aromatic nitrogens is 2. The Morgan fingerprint density at radius 2 is 2.27 bits per heavy atom. The Balaban J connectivity index is 1.86. The largest absolute Gasteiger partial charge is 0.368 e. The highest BCUT2D eigenvalue weighted by Crippen LogP contribution is 2.41. The topological polar surface area (TPSA) is 72.1 Å². The van der Waals surface area contributed by atoms with Crippen LogP contribution in [0.25, 0.3) is 10.2 Å². The molecule has 3 heterocycles. The molecule has 0 radical (unpaired) electrons. The number of thiophene rings is 1. The monoisotopic (exact) mass is 316 g/mol. The maximum atomic E-state index is 11.7. The summed E-state index contributed by atoms with van der Waals surface area (Å²) in [6.45, 7) is 3.16. The zero-order valence-electron chi connectivity index (χ0n) is 12.7. The van der Waals surface area contributed by atoms with Crippen LogP contribution in [0.1, 0.15) is 36.6 Å². The van der Waals surface area contributed by atoms with Crippen molar-refractivity contribution in [3.63, 3.8) is 0 Å². The second-order valence-corrected chi connectivity index (χ2v) is 7.57. The van der Waals surface area contributed by atoms with Crippen LogP contribution in [0.15, 0.2) is 6.33 Å². The molecule has 1 aliphatic carbocycles. The van der Waals surface area contributed by atoms with Gasteiger partial charge in [-0.25, -0.2) is 9.97 Å². The Labute approximate surface area is 133 Å². The molecule has 1 saturated heterocycles. The van der Waals surface area contributed by atoms with E-state index in [4.69, 9.17) is 5.73 Å². The molecule has 0 spiro atoms. The van der Waals surface area contributed by atoms with Gasteiger partial charge in [-0.05, 0) is 43.6 Å². The maximum Gasteiger partial charge on any atom is 0.240 e. The third-order valence-corrected chi connectivity index (χ3v) is 6.09. The van der Waals surface area contributed by atoms with Crippen LogP contribution in [0.4, 0.5) is 5.82 Å². The second-order valence-electron chi connectivity index (χ2n) is 6.48. The van der Waals surface area contributed by atoms with Gasteiger partial charge in [0.15, 0.2) is 0 Å². The lowest BCUT2D eigenvalue weighted by molar-refractivity contribution is -0.119. The Hall–Kier alpha value is -1.69. The first-order valence-electron chi connectivity index (χ1n) is 7.96.